The molecule has 3 nitrogen and oxygen atoms in total. The smallest absolute Gasteiger partial charge is 0.0718 e. The van der Waals surface area contributed by atoms with E-state index in [-0.39, 0.29) is 0 Å². The topological polar surface area (TPSA) is 15.7 Å². The van der Waals surface area contributed by atoms with Crippen LogP contribution in [-0.2, 0) is 4.74 Å². The standard InChI is InChI=1S/C13H26N2O/c1-12-10-14(2)11-13(16-12)6-9-15-7-4-3-5-8-15/h12-13H,3-11H2,1-2H3/t12-,13+/m1/s1. The Hall–Kier alpha value is -0.120. The van der Waals surface area contributed by atoms with E-state index in [9.17, 15) is 0 Å². The van der Waals surface area contributed by atoms with Gasteiger partial charge >= 0.3 is 0 Å². The third kappa shape index (κ3) is 3.72. The van der Waals surface area contributed by atoms with Crippen molar-refractivity contribution in [3.63, 3.8) is 0 Å². The number of ether oxygens (including phenoxy) is 1. The van der Waals surface area contributed by atoms with Crippen LogP contribution in [0.3, 0.4) is 0 Å². The molecule has 2 heterocycles. The van der Waals surface area contributed by atoms with Crippen molar-refractivity contribution >= 4 is 0 Å². The lowest BCUT2D eigenvalue weighted by atomic mass is 10.1. The zero-order valence-electron chi connectivity index (χ0n) is 10.8. The molecule has 0 spiro atoms. The molecule has 0 amide bonds. The van der Waals surface area contributed by atoms with Crippen molar-refractivity contribution in [2.24, 2.45) is 0 Å². The molecular formula is C13H26N2O. The van der Waals surface area contributed by atoms with Crippen LogP contribution < -0.4 is 0 Å². The predicted octanol–water partition coefficient (Wildman–Crippen LogP) is 1.58. The van der Waals surface area contributed by atoms with Gasteiger partial charge in [0.15, 0.2) is 0 Å². The highest BCUT2D eigenvalue weighted by atomic mass is 16.5. The van der Waals surface area contributed by atoms with Crippen molar-refractivity contribution in [1.29, 1.82) is 0 Å². The van der Waals surface area contributed by atoms with Crippen LogP contribution in [0.5, 0.6) is 0 Å². The van der Waals surface area contributed by atoms with E-state index in [1.807, 2.05) is 0 Å². The molecule has 2 rings (SSSR count). The van der Waals surface area contributed by atoms with Crippen molar-refractivity contribution in [3.8, 4) is 0 Å². The SMILES string of the molecule is C[C@@H]1CN(C)C[C@H](CCN2CCCCC2)O1. The average molecular weight is 226 g/mol. The molecule has 16 heavy (non-hydrogen) atoms. The summed E-state index contributed by atoms with van der Waals surface area (Å²) >= 11 is 0. The highest BCUT2D eigenvalue weighted by Crippen LogP contribution is 2.15. The van der Waals surface area contributed by atoms with Crippen molar-refractivity contribution in [2.75, 3.05) is 39.8 Å². The van der Waals surface area contributed by atoms with E-state index < -0.39 is 0 Å². The summed E-state index contributed by atoms with van der Waals surface area (Å²) < 4.78 is 5.98. The predicted molar refractivity (Wildman–Crippen MR) is 66.7 cm³/mol. The van der Waals surface area contributed by atoms with Crippen LogP contribution in [0.4, 0.5) is 0 Å². The van der Waals surface area contributed by atoms with Gasteiger partial charge in [-0.05, 0) is 46.3 Å². The Kier molecular flexibility index (Phi) is 4.62. The van der Waals surface area contributed by atoms with Gasteiger partial charge in [-0.1, -0.05) is 6.42 Å². The van der Waals surface area contributed by atoms with Crippen LogP contribution in [0.15, 0.2) is 0 Å². The van der Waals surface area contributed by atoms with E-state index in [4.69, 9.17) is 4.74 Å². The van der Waals surface area contributed by atoms with Gasteiger partial charge in [0.05, 0.1) is 12.2 Å². The highest BCUT2D eigenvalue weighted by molar-refractivity contribution is 4.75. The molecule has 2 saturated heterocycles. The minimum Gasteiger partial charge on any atom is -0.373 e. The fourth-order valence-corrected chi connectivity index (χ4v) is 2.94. The lowest BCUT2D eigenvalue weighted by Gasteiger charge is -2.36. The summed E-state index contributed by atoms with van der Waals surface area (Å²) in [5, 5.41) is 0. The first-order chi connectivity index (χ1) is 7.74. The first kappa shape index (κ1) is 12.3. The molecule has 94 valence electrons. The fourth-order valence-electron chi connectivity index (χ4n) is 2.94. The Labute approximate surface area is 99.7 Å². The molecule has 0 aromatic carbocycles. The third-order valence-corrected chi connectivity index (χ3v) is 3.72. The Bertz CT molecular complexity index is 194. The van der Waals surface area contributed by atoms with Gasteiger partial charge in [0.1, 0.15) is 0 Å². The molecule has 2 atom stereocenters. The maximum Gasteiger partial charge on any atom is 0.0718 e. The second-order valence-corrected chi connectivity index (χ2v) is 5.48. The van der Waals surface area contributed by atoms with Gasteiger partial charge < -0.3 is 14.5 Å². The Morgan fingerprint density at radius 3 is 2.56 bits per heavy atom. The van der Waals surface area contributed by atoms with Crippen LogP contribution in [0, 0.1) is 0 Å². The second-order valence-electron chi connectivity index (χ2n) is 5.48. The molecule has 0 unspecified atom stereocenters. The van der Waals surface area contributed by atoms with Gasteiger partial charge in [0.2, 0.25) is 0 Å². The zero-order valence-corrected chi connectivity index (χ0v) is 10.8. The molecule has 2 fully saturated rings. The van der Waals surface area contributed by atoms with E-state index >= 15 is 0 Å². The lowest BCUT2D eigenvalue weighted by molar-refractivity contribution is -0.0752. The van der Waals surface area contributed by atoms with E-state index in [0.29, 0.717) is 12.2 Å². The molecule has 0 radical (unpaired) electrons. The van der Waals surface area contributed by atoms with Crippen molar-refractivity contribution in [1.82, 2.24) is 9.80 Å². The van der Waals surface area contributed by atoms with E-state index in [0.717, 1.165) is 13.1 Å². The van der Waals surface area contributed by atoms with Crippen LogP contribution >= 0.6 is 0 Å². The maximum atomic E-state index is 5.98. The monoisotopic (exact) mass is 226 g/mol. The van der Waals surface area contributed by atoms with Crippen LogP contribution in [-0.4, -0.2) is 61.8 Å². The number of rotatable bonds is 3. The van der Waals surface area contributed by atoms with E-state index in [2.05, 4.69) is 23.8 Å². The minimum absolute atomic E-state index is 0.408. The largest absolute Gasteiger partial charge is 0.373 e. The number of piperidine rings is 1. The Morgan fingerprint density at radius 1 is 1.12 bits per heavy atom. The molecule has 0 N–H and O–H groups in total. The van der Waals surface area contributed by atoms with Gasteiger partial charge in [-0.2, -0.15) is 0 Å². The number of hydrogen-bond acceptors (Lipinski definition) is 3. The van der Waals surface area contributed by atoms with Gasteiger partial charge in [-0.15, -0.1) is 0 Å². The molecule has 0 aromatic rings. The first-order valence-electron chi connectivity index (χ1n) is 6.80. The molecule has 2 aliphatic rings. The number of likely N-dealkylation sites (tertiary alicyclic amines) is 1. The summed E-state index contributed by atoms with van der Waals surface area (Å²) in [5.74, 6) is 0. The maximum absolute atomic E-state index is 5.98. The Morgan fingerprint density at radius 2 is 1.88 bits per heavy atom. The van der Waals surface area contributed by atoms with Crippen molar-refractivity contribution in [2.45, 2.75) is 44.8 Å². The summed E-state index contributed by atoms with van der Waals surface area (Å²) in [6, 6.07) is 0. The normalized spacial score (nSPS) is 34.1. The Balaban J connectivity index is 1.68. The average Bonchev–Trinajstić information content (AvgIpc) is 2.27. The van der Waals surface area contributed by atoms with Gasteiger partial charge in [0, 0.05) is 19.6 Å². The molecule has 0 aliphatic carbocycles. The van der Waals surface area contributed by atoms with Gasteiger partial charge in [0.25, 0.3) is 0 Å². The van der Waals surface area contributed by atoms with Gasteiger partial charge in [-0.3, -0.25) is 0 Å². The van der Waals surface area contributed by atoms with Crippen LogP contribution in [0.1, 0.15) is 32.6 Å². The summed E-state index contributed by atoms with van der Waals surface area (Å²) in [4.78, 5) is 5.00. The molecule has 0 bridgehead atoms. The quantitative estimate of drug-likeness (QED) is 0.727. The zero-order chi connectivity index (χ0) is 11.4. The van der Waals surface area contributed by atoms with Crippen molar-refractivity contribution < 1.29 is 4.74 Å². The molecule has 3 heteroatoms. The molecule has 0 saturated carbocycles. The van der Waals surface area contributed by atoms with Crippen LogP contribution in [0.25, 0.3) is 0 Å². The first-order valence-corrected chi connectivity index (χ1v) is 6.80. The number of nitrogens with zero attached hydrogens (tertiary/aromatic N) is 2. The summed E-state index contributed by atoms with van der Waals surface area (Å²) in [6.07, 6.45) is 6.27. The van der Waals surface area contributed by atoms with Crippen molar-refractivity contribution in [3.05, 3.63) is 0 Å². The number of hydrogen-bond donors (Lipinski definition) is 0. The van der Waals surface area contributed by atoms with Gasteiger partial charge in [-0.25, -0.2) is 0 Å². The second kappa shape index (κ2) is 5.99. The third-order valence-electron chi connectivity index (χ3n) is 3.72. The highest BCUT2D eigenvalue weighted by Gasteiger charge is 2.23. The number of likely N-dealkylation sites (N-methyl/N-ethyl adjacent to an activating group) is 1. The van der Waals surface area contributed by atoms with E-state index in [1.165, 1.54) is 45.3 Å². The fraction of sp³-hybridized carbons (Fsp3) is 1.00. The summed E-state index contributed by atoms with van der Waals surface area (Å²) in [5.41, 5.74) is 0. The minimum atomic E-state index is 0.408. The number of morpholine rings is 1. The molecule has 2 aliphatic heterocycles. The van der Waals surface area contributed by atoms with E-state index in [1.54, 1.807) is 0 Å². The molecular weight excluding hydrogens is 200 g/mol. The summed E-state index contributed by atoms with van der Waals surface area (Å²) in [6.45, 7) is 8.21. The van der Waals surface area contributed by atoms with Crippen LogP contribution in [0.2, 0.25) is 0 Å². The lowest BCUT2D eigenvalue weighted by Crippen LogP contribution is -2.45. The molecule has 0 aromatic heterocycles. The summed E-state index contributed by atoms with van der Waals surface area (Å²) in [7, 11) is 2.20.